The number of ether oxygens (including phenoxy) is 2. The first kappa shape index (κ1) is 31.3. The van der Waals surface area contributed by atoms with Crippen LogP contribution in [0, 0.1) is 12.3 Å². The van der Waals surface area contributed by atoms with Crippen LogP contribution in [-0.2, 0) is 4.74 Å². The number of nitrogens with one attached hydrogen (secondary N) is 2. The van der Waals surface area contributed by atoms with E-state index in [0.29, 0.717) is 58.9 Å². The third kappa shape index (κ3) is 7.48. The summed E-state index contributed by atoms with van der Waals surface area (Å²) in [5, 5.41) is 6.85. The first-order chi connectivity index (χ1) is 18.9. The Morgan fingerprint density at radius 3 is 2.65 bits per heavy atom. The topological polar surface area (TPSA) is 79.9 Å². The number of methoxy groups -OCH3 is 1. The number of nitrogens with zero attached hydrogens (tertiary/aromatic N) is 1. The van der Waals surface area contributed by atoms with Crippen molar-refractivity contribution in [3.8, 4) is 18.1 Å². The summed E-state index contributed by atoms with van der Waals surface area (Å²) in [5.41, 5.74) is 2.78. The van der Waals surface area contributed by atoms with Crippen molar-refractivity contribution in [2.24, 2.45) is 0 Å². The zero-order valence-corrected chi connectivity index (χ0v) is 24.2. The van der Waals surface area contributed by atoms with E-state index in [1.165, 1.54) is 7.11 Å². The van der Waals surface area contributed by atoms with Crippen LogP contribution in [0.5, 0.6) is 5.75 Å². The molecule has 3 aromatic carbocycles. The monoisotopic (exact) mass is 601 g/mol. The van der Waals surface area contributed by atoms with Crippen LogP contribution in [0.25, 0.3) is 0 Å². The molecule has 210 valence electrons. The number of benzene rings is 3. The van der Waals surface area contributed by atoms with Crippen molar-refractivity contribution >= 4 is 58.8 Å². The number of hydrogen-bond acceptors (Lipinski definition) is 5. The zero-order valence-electron chi connectivity index (χ0n) is 21.9. The second kappa shape index (κ2) is 14.9. The molecule has 10 heteroatoms. The van der Waals surface area contributed by atoms with Crippen LogP contribution in [0.2, 0.25) is 10.0 Å². The highest BCUT2D eigenvalue weighted by atomic mass is 35.5. The smallest absolute Gasteiger partial charge is 0.262 e. The number of terminal acetylenes is 1. The van der Waals surface area contributed by atoms with Gasteiger partial charge in [0, 0.05) is 41.1 Å². The fourth-order valence-electron chi connectivity index (χ4n) is 4.49. The molecule has 0 saturated carbocycles. The molecule has 1 aliphatic heterocycles. The summed E-state index contributed by atoms with van der Waals surface area (Å²) >= 11 is 12.5. The lowest BCUT2D eigenvalue weighted by Crippen LogP contribution is -2.32. The van der Waals surface area contributed by atoms with Crippen molar-refractivity contribution in [2.45, 2.75) is 18.9 Å². The normalized spacial score (nSPS) is 14.2. The van der Waals surface area contributed by atoms with Crippen LogP contribution in [0.4, 0.5) is 11.4 Å². The Bertz CT molecular complexity index is 1390. The molecule has 1 aliphatic rings. The van der Waals surface area contributed by atoms with Gasteiger partial charge in [-0.05, 0) is 55.3 Å². The molecule has 1 heterocycles. The van der Waals surface area contributed by atoms with Gasteiger partial charge < -0.3 is 25.0 Å². The van der Waals surface area contributed by atoms with Crippen LogP contribution < -0.4 is 20.3 Å². The highest BCUT2D eigenvalue weighted by Gasteiger charge is 2.29. The molecule has 4 rings (SSSR count). The van der Waals surface area contributed by atoms with E-state index in [4.69, 9.17) is 39.1 Å². The maximum absolute atomic E-state index is 13.9. The van der Waals surface area contributed by atoms with Gasteiger partial charge in [0.05, 0.1) is 42.5 Å². The Morgan fingerprint density at radius 1 is 1.10 bits per heavy atom. The molecule has 0 saturated heterocycles. The Kier molecular flexibility index (Phi) is 11.7. The second-order valence-electron chi connectivity index (χ2n) is 8.89. The van der Waals surface area contributed by atoms with E-state index in [0.717, 1.165) is 24.1 Å². The largest absolute Gasteiger partial charge is 0.496 e. The summed E-state index contributed by atoms with van der Waals surface area (Å²) in [6, 6.07) is 17.2. The van der Waals surface area contributed by atoms with E-state index in [1.807, 2.05) is 12.1 Å². The summed E-state index contributed by atoms with van der Waals surface area (Å²) < 4.78 is 11.7. The number of hydrogen-bond donors (Lipinski definition) is 2. The second-order valence-corrected chi connectivity index (χ2v) is 9.74. The minimum Gasteiger partial charge on any atom is -0.496 e. The lowest BCUT2D eigenvalue weighted by Gasteiger charge is -2.25. The van der Waals surface area contributed by atoms with Gasteiger partial charge in [-0.2, -0.15) is 0 Å². The Morgan fingerprint density at radius 2 is 1.90 bits per heavy atom. The minimum atomic E-state index is -0.361. The number of rotatable bonds is 9. The van der Waals surface area contributed by atoms with Crippen molar-refractivity contribution in [3.63, 3.8) is 0 Å². The molecular weight excluding hydrogens is 573 g/mol. The van der Waals surface area contributed by atoms with Gasteiger partial charge in [-0.15, -0.1) is 18.8 Å². The van der Waals surface area contributed by atoms with Gasteiger partial charge >= 0.3 is 0 Å². The SMILES string of the molecule is C#CCNCCOC1CCCN(C(=O)c2ccc(NC(=O)c3ccccc3Cl)cc2OC)c2ccc(Cl)cc21.Cl. The predicted octanol–water partition coefficient (Wildman–Crippen LogP) is 6.40. The summed E-state index contributed by atoms with van der Waals surface area (Å²) in [5.74, 6) is 2.29. The molecule has 0 aliphatic carbocycles. The first-order valence-corrected chi connectivity index (χ1v) is 13.3. The average Bonchev–Trinajstić information content (AvgIpc) is 3.11. The van der Waals surface area contributed by atoms with E-state index in [9.17, 15) is 9.59 Å². The van der Waals surface area contributed by atoms with Crippen molar-refractivity contribution in [1.82, 2.24) is 5.32 Å². The summed E-state index contributed by atoms with van der Waals surface area (Å²) in [4.78, 5) is 28.3. The van der Waals surface area contributed by atoms with Gasteiger partial charge in [-0.3, -0.25) is 9.59 Å². The van der Waals surface area contributed by atoms with Crippen LogP contribution in [0.3, 0.4) is 0 Å². The van der Waals surface area contributed by atoms with Crippen LogP contribution in [0.15, 0.2) is 60.7 Å². The molecule has 0 fully saturated rings. The van der Waals surface area contributed by atoms with Crippen LogP contribution in [0.1, 0.15) is 45.2 Å². The molecule has 1 unspecified atom stereocenters. The Hall–Kier alpha value is -3.25. The number of carbonyl (C=O) groups is 2. The lowest BCUT2D eigenvalue weighted by atomic mass is 10.0. The molecule has 0 aromatic heterocycles. The maximum atomic E-state index is 13.9. The third-order valence-electron chi connectivity index (χ3n) is 6.35. The lowest BCUT2D eigenvalue weighted by molar-refractivity contribution is 0.0497. The molecule has 40 heavy (non-hydrogen) atoms. The maximum Gasteiger partial charge on any atom is 0.262 e. The van der Waals surface area contributed by atoms with Gasteiger partial charge in [0.1, 0.15) is 5.75 Å². The molecule has 1 atom stereocenters. The Labute approximate surface area is 250 Å². The van der Waals surface area contributed by atoms with Crippen molar-refractivity contribution < 1.29 is 19.1 Å². The molecule has 0 spiro atoms. The summed E-state index contributed by atoms with van der Waals surface area (Å²) in [7, 11) is 1.49. The fourth-order valence-corrected chi connectivity index (χ4v) is 4.89. The van der Waals surface area contributed by atoms with Gasteiger partial charge in [0.25, 0.3) is 11.8 Å². The van der Waals surface area contributed by atoms with E-state index < -0.39 is 0 Å². The van der Waals surface area contributed by atoms with Gasteiger partial charge in [0.15, 0.2) is 0 Å². The molecule has 0 radical (unpaired) electrons. The van der Waals surface area contributed by atoms with Crippen LogP contribution >= 0.6 is 35.6 Å². The highest BCUT2D eigenvalue weighted by molar-refractivity contribution is 6.34. The highest BCUT2D eigenvalue weighted by Crippen LogP contribution is 2.38. The molecule has 2 N–H and O–H groups in total. The molecule has 0 bridgehead atoms. The number of halogens is 3. The van der Waals surface area contributed by atoms with Gasteiger partial charge in [-0.25, -0.2) is 0 Å². The minimum absolute atomic E-state index is 0. The summed E-state index contributed by atoms with van der Waals surface area (Å²) in [6.07, 6.45) is 6.54. The molecule has 7 nitrogen and oxygen atoms in total. The number of anilines is 2. The molecule has 3 aromatic rings. The van der Waals surface area contributed by atoms with E-state index in [1.54, 1.807) is 53.4 Å². The van der Waals surface area contributed by atoms with Crippen LogP contribution in [-0.4, -0.2) is 45.2 Å². The van der Waals surface area contributed by atoms with Crippen molar-refractivity contribution in [2.75, 3.05) is 43.6 Å². The molecular formula is C30H30Cl3N3O4. The quantitative estimate of drug-likeness (QED) is 0.219. The standard InChI is InChI=1S/C30H29Cl2N3O4.ClH/c1-3-14-33-15-17-39-27-9-6-16-35(26-13-10-20(31)18-24(26)27)30(37)23-12-11-21(19-28(23)38-2)34-29(36)22-7-4-5-8-25(22)32;/h1,4-5,7-8,10-13,18-19,27,33H,6,9,14-17H2,2H3,(H,34,36);1H. The molecule has 2 amide bonds. The number of amides is 2. The fraction of sp³-hybridized carbons (Fsp3) is 0.267. The van der Waals surface area contributed by atoms with E-state index in [2.05, 4.69) is 16.6 Å². The predicted molar refractivity (Wildman–Crippen MR) is 162 cm³/mol. The van der Waals surface area contributed by atoms with Gasteiger partial charge in [-0.1, -0.05) is 41.3 Å². The number of fused-ring (bicyclic) bond motifs is 1. The van der Waals surface area contributed by atoms with Gasteiger partial charge in [0.2, 0.25) is 0 Å². The third-order valence-corrected chi connectivity index (χ3v) is 6.92. The average molecular weight is 603 g/mol. The zero-order chi connectivity index (χ0) is 27.8. The van der Waals surface area contributed by atoms with Crippen molar-refractivity contribution in [3.05, 3.63) is 87.4 Å². The summed E-state index contributed by atoms with van der Waals surface area (Å²) in [6.45, 7) is 2.07. The van der Waals surface area contributed by atoms with E-state index >= 15 is 0 Å². The van der Waals surface area contributed by atoms with E-state index in [-0.39, 0.29) is 30.3 Å². The first-order valence-electron chi connectivity index (χ1n) is 12.5. The Balaban J connectivity index is 0.00000441. The van der Waals surface area contributed by atoms with Crippen molar-refractivity contribution in [1.29, 1.82) is 0 Å². The number of carbonyl (C=O) groups excluding carboxylic acids is 2.